The third-order valence-corrected chi connectivity index (χ3v) is 3.22. The van der Waals surface area contributed by atoms with E-state index >= 15 is 0 Å². The van der Waals surface area contributed by atoms with Crippen molar-refractivity contribution in [2.75, 3.05) is 13.1 Å². The summed E-state index contributed by atoms with van der Waals surface area (Å²) in [6, 6.07) is -1.22. The first-order valence-electron chi connectivity index (χ1n) is 5.88. The van der Waals surface area contributed by atoms with Gasteiger partial charge in [0, 0.05) is 13.1 Å². The van der Waals surface area contributed by atoms with Crippen molar-refractivity contribution in [1.82, 2.24) is 10.2 Å². The van der Waals surface area contributed by atoms with Crippen molar-refractivity contribution in [3.8, 4) is 0 Å². The maximum Gasteiger partial charge on any atom is 0.325 e. The number of carboxylic acid groups (broad SMARTS) is 1. The van der Waals surface area contributed by atoms with Crippen LogP contribution in [0, 0.1) is 5.92 Å². The summed E-state index contributed by atoms with van der Waals surface area (Å²) >= 11 is 0. The Morgan fingerprint density at radius 1 is 1.29 bits per heavy atom. The molecule has 1 heterocycles. The van der Waals surface area contributed by atoms with Crippen LogP contribution in [-0.4, -0.2) is 52.3 Å². The van der Waals surface area contributed by atoms with Crippen LogP contribution in [0.2, 0.25) is 0 Å². The molecule has 0 spiro atoms. The molecule has 1 aliphatic heterocycles. The van der Waals surface area contributed by atoms with Crippen molar-refractivity contribution in [2.45, 2.75) is 38.8 Å². The van der Waals surface area contributed by atoms with Crippen LogP contribution in [0.25, 0.3) is 0 Å². The predicted molar refractivity (Wildman–Crippen MR) is 61.6 cm³/mol. The van der Waals surface area contributed by atoms with Crippen LogP contribution in [0.15, 0.2) is 0 Å². The molecule has 0 aromatic rings. The van der Waals surface area contributed by atoms with Gasteiger partial charge in [-0.05, 0) is 32.6 Å². The van der Waals surface area contributed by atoms with Gasteiger partial charge >= 0.3 is 12.0 Å². The summed E-state index contributed by atoms with van der Waals surface area (Å²) in [4.78, 5) is 23.9. The number of piperidine rings is 1. The molecule has 0 bridgehead atoms. The molecule has 2 unspecified atom stereocenters. The number of carboxylic acids is 1. The fraction of sp³-hybridized carbons (Fsp3) is 0.818. The van der Waals surface area contributed by atoms with Crippen molar-refractivity contribution in [3.63, 3.8) is 0 Å². The molecular formula is C11H20N2O4. The van der Waals surface area contributed by atoms with Crippen LogP contribution < -0.4 is 5.32 Å². The first kappa shape index (κ1) is 13.8. The van der Waals surface area contributed by atoms with E-state index in [1.165, 1.54) is 6.92 Å². The van der Waals surface area contributed by atoms with Gasteiger partial charge in [0.2, 0.25) is 0 Å². The average Bonchev–Trinajstić information content (AvgIpc) is 2.28. The number of rotatable bonds is 3. The Labute approximate surface area is 101 Å². The van der Waals surface area contributed by atoms with Crippen molar-refractivity contribution >= 4 is 12.0 Å². The molecule has 17 heavy (non-hydrogen) atoms. The summed E-state index contributed by atoms with van der Waals surface area (Å²) in [5.41, 5.74) is 0. The van der Waals surface area contributed by atoms with Gasteiger partial charge in [0.15, 0.2) is 0 Å². The number of aliphatic hydroxyl groups is 1. The number of hydrogen-bond acceptors (Lipinski definition) is 3. The van der Waals surface area contributed by atoms with Gasteiger partial charge in [0.05, 0.1) is 6.10 Å². The van der Waals surface area contributed by atoms with Gasteiger partial charge in [-0.1, -0.05) is 0 Å². The minimum atomic E-state index is -1.04. The highest BCUT2D eigenvalue weighted by atomic mass is 16.4. The predicted octanol–water partition coefficient (Wildman–Crippen LogP) is 0.262. The number of urea groups is 1. The molecule has 1 rings (SSSR count). The third-order valence-electron chi connectivity index (χ3n) is 3.22. The summed E-state index contributed by atoms with van der Waals surface area (Å²) < 4.78 is 0. The van der Waals surface area contributed by atoms with Gasteiger partial charge < -0.3 is 20.4 Å². The number of nitrogens with zero attached hydrogens (tertiary/aromatic N) is 1. The minimum Gasteiger partial charge on any atom is -0.480 e. The largest absolute Gasteiger partial charge is 0.480 e. The summed E-state index contributed by atoms with van der Waals surface area (Å²) in [5.74, 6) is -0.812. The number of carbonyl (C=O) groups excluding carboxylic acids is 1. The quantitative estimate of drug-likeness (QED) is 0.664. The monoisotopic (exact) mass is 244 g/mol. The normalized spacial score (nSPS) is 20.8. The summed E-state index contributed by atoms with van der Waals surface area (Å²) in [7, 11) is 0. The zero-order valence-electron chi connectivity index (χ0n) is 10.2. The lowest BCUT2D eigenvalue weighted by atomic mass is 9.92. The Morgan fingerprint density at radius 3 is 2.24 bits per heavy atom. The molecule has 6 nitrogen and oxygen atoms in total. The van der Waals surface area contributed by atoms with E-state index < -0.39 is 12.0 Å². The molecular weight excluding hydrogens is 224 g/mol. The smallest absolute Gasteiger partial charge is 0.325 e. The molecule has 2 atom stereocenters. The molecule has 1 saturated heterocycles. The number of aliphatic hydroxyl groups excluding tert-OH is 1. The third kappa shape index (κ3) is 3.89. The van der Waals surface area contributed by atoms with Crippen LogP contribution in [0.4, 0.5) is 4.79 Å². The van der Waals surface area contributed by atoms with E-state index in [4.69, 9.17) is 5.11 Å². The van der Waals surface area contributed by atoms with Crippen LogP contribution in [0.5, 0.6) is 0 Å². The molecule has 3 N–H and O–H groups in total. The molecule has 98 valence electrons. The molecule has 0 radical (unpaired) electrons. The number of amides is 2. The second-order valence-corrected chi connectivity index (χ2v) is 4.57. The van der Waals surface area contributed by atoms with Crippen LogP contribution in [0.3, 0.4) is 0 Å². The van der Waals surface area contributed by atoms with Gasteiger partial charge in [-0.2, -0.15) is 0 Å². The number of aliphatic carboxylic acids is 1. The number of nitrogens with one attached hydrogen (secondary N) is 1. The molecule has 0 saturated carbocycles. The maximum atomic E-state index is 11.7. The Kier molecular flexibility index (Phi) is 4.74. The Bertz CT molecular complexity index is 285. The van der Waals surface area contributed by atoms with Gasteiger partial charge in [-0.15, -0.1) is 0 Å². The maximum absolute atomic E-state index is 11.7. The zero-order valence-corrected chi connectivity index (χ0v) is 10.2. The summed E-state index contributed by atoms with van der Waals surface area (Å²) in [6.07, 6.45) is 1.16. The second-order valence-electron chi connectivity index (χ2n) is 4.57. The van der Waals surface area contributed by atoms with E-state index in [1.54, 1.807) is 11.8 Å². The summed E-state index contributed by atoms with van der Waals surface area (Å²) in [6.45, 7) is 4.32. The van der Waals surface area contributed by atoms with E-state index in [-0.39, 0.29) is 18.1 Å². The van der Waals surface area contributed by atoms with E-state index in [9.17, 15) is 14.7 Å². The first-order valence-corrected chi connectivity index (χ1v) is 5.88. The van der Waals surface area contributed by atoms with E-state index in [0.29, 0.717) is 13.1 Å². The standard InChI is InChI=1S/C11H20N2O4/c1-7(10(15)16)12-11(17)13-5-3-9(4-6-13)8(2)14/h7-9,14H,3-6H2,1-2H3,(H,12,17)(H,15,16). The van der Waals surface area contributed by atoms with Crippen molar-refractivity contribution in [1.29, 1.82) is 0 Å². The van der Waals surface area contributed by atoms with E-state index in [1.807, 2.05) is 0 Å². The highest BCUT2D eigenvalue weighted by Crippen LogP contribution is 2.20. The topological polar surface area (TPSA) is 89.9 Å². The number of carbonyl (C=O) groups is 2. The van der Waals surface area contributed by atoms with Gasteiger partial charge in [-0.25, -0.2) is 4.79 Å². The fourth-order valence-electron chi connectivity index (χ4n) is 1.92. The van der Waals surface area contributed by atoms with Crippen LogP contribution >= 0.6 is 0 Å². The highest BCUT2D eigenvalue weighted by Gasteiger charge is 2.26. The molecule has 1 fully saturated rings. The number of hydrogen-bond donors (Lipinski definition) is 3. The minimum absolute atomic E-state index is 0.232. The lowest BCUT2D eigenvalue weighted by Crippen LogP contribution is -2.49. The Morgan fingerprint density at radius 2 is 1.82 bits per heavy atom. The van der Waals surface area contributed by atoms with E-state index in [0.717, 1.165) is 12.8 Å². The van der Waals surface area contributed by atoms with Gasteiger partial charge in [0.1, 0.15) is 6.04 Å². The van der Waals surface area contributed by atoms with E-state index in [2.05, 4.69) is 5.32 Å². The van der Waals surface area contributed by atoms with Crippen molar-refractivity contribution in [3.05, 3.63) is 0 Å². The fourth-order valence-corrected chi connectivity index (χ4v) is 1.92. The molecule has 0 aliphatic carbocycles. The molecule has 0 aromatic carbocycles. The van der Waals surface area contributed by atoms with Crippen molar-refractivity contribution < 1.29 is 19.8 Å². The van der Waals surface area contributed by atoms with Gasteiger partial charge in [0.25, 0.3) is 0 Å². The van der Waals surface area contributed by atoms with Crippen LogP contribution in [-0.2, 0) is 4.79 Å². The highest BCUT2D eigenvalue weighted by molar-refractivity contribution is 5.82. The first-order chi connectivity index (χ1) is 7.91. The Hall–Kier alpha value is -1.30. The summed E-state index contributed by atoms with van der Waals surface area (Å²) in [5, 5.41) is 20.5. The second kappa shape index (κ2) is 5.86. The van der Waals surface area contributed by atoms with Crippen LogP contribution in [0.1, 0.15) is 26.7 Å². The van der Waals surface area contributed by atoms with Gasteiger partial charge in [-0.3, -0.25) is 4.79 Å². The molecule has 0 aromatic heterocycles. The Balaban J connectivity index is 2.38. The SMILES string of the molecule is CC(NC(=O)N1CCC(C(C)O)CC1)C(=O)O. The van der Waals surface area contributed by atoms with Crippen molar-refractivity contribution in [2.24, 2.45) is 5.92 Å². The molecule has 6 heteroatoms. The lowest BCUT2D eigenvalue weighted by molar-refractivity contribution is -0.138. The molecule has 2 amide bonds. The number of likely N-dealkylation sites (tertiary alicyclic amines) is 1. The lowest BCUT2D eigenvalue weighted by Gasteiger charge is -2.33. The average molecular weight is 244 g/mol. The molecule has 1 aliphatic rings. The zero-order chi connectivity index (χ0) is 13.0.